The molecule has 1 aromatic carbocycles. The molecule has 0 aromatic heterocycles. The fraction of sp³-hybridized carbons (Fsp3) is 0.125. The highest BCUT2D eigenvalue weighted by molar-refractivity contribution is 6.58. The summed E-state index contributed by atoms with van der Waals surface area (Å²) in [6.45, 7) is 0. The van der Waals surface area contributed by atoms with Gasteiger partial charge < -0.3 is 10.0 Å². The minimum Gasteiger partial charge on any atom is -0.423 e. The molecule has 84 valence electrons. The Morgan fingerprint density at radius 3 is 2.19 bits per heavy atom. The van der Waals surface area contributed by atoms with Gasteiger partial charge in [-0.05, 0) is 6.07 Å². The Hall–Kier alpha value is -1.59. The lowest BCUT2D eigenvalue weighted by molar-refractivity contribution is -0.138. The predicted molar refractivity (Wildman–Crippen MR) is 45.9 cm³/mol. The number of halogens is 4. The highest BCUT2D eigenvalue weighted by atomic mass is 19.4. The van der Waals surface area contributed by atoms with Gasteiger partial charge in [-0.1, -0.05) is 6.07 Å². The van der Waals surface area contributed by atoms with E-state index >= 15 is 0 Å². The van der Waals surface area contributed by atoms with Crippen LogP contribution < -0.4 is 5.46 Å². The summed E-state index contributed by atoms with van der Waals surface area (Å²) >= 11 is 0. The summed E-state index contributed by atoms with van der Waals surface area (Å²) in [6, 6.07) is 2.05. The standard InChI is InChI=1S/C8H4BF4NO2/c10-7-4(3-14)5(8(11,12)13)1-2-6(7)9(15)16/h1-2,15-16H. The molecule has 0 spiro atoms. The van der Waals surface area contributed by atoms with Crippen LogP contribution >= 0.6 is 0 Å². The molecule has 0 atom stereocenters. The van der Waals surface area contributed by atoms with Crippen molar-refractivity contribution in [2.75, 3.05) is 0 Å². The molecule has 0 radical (unpaired) electrons. The summed E-state index contributed by atoms with van der Waals surface area (Å²) in [6.07, 6.45) is -4.87. The molecule has 0 aliphatic heterocycles. The van der Waals surface area contributed by atoms with Crippen LogP contribution in [0.3, 0.4) is 0 Å². The topological polar surface area (TPSA) is 64.2 Å². The lowest BCUT2D eigenvalue weighted by Crippen LogP contribution is -2.34. The molecule has 0 fully saturated rings. The quantitative estimate of drug-likeness (QED) is 0.544. The fourth-order valence-electron chi connectivity index (χ4n) is 1.14. The number of hydrogen-bond acceptors (Lipinski definition) is 3. The second kappa shape index (κ2) is 4.12. The summed E-state index contributed by atoms with van der Waals surface area (Å²) in [5, 5.41) is 25.7. The summed E-state index contributed by atoms with van der Waals surface area (Å²) in [5.74, 6) is -1.58. The van der Waals surface area contributed by atoms with Crippen molar-refractivity contribution in [1.82, 2.24) is 0 Å². The Bertz CT molecular complexity index is 453. The van der Waals surface area contributed by atoms with Gasteiger partial charge >= 0.3 is 13.3 Å². The molecule has 8 heteroatoms. The van der Waals surface area contributed by atoms with E-state index in [2.05, 4.69) is 0 Å². The number of alkyl halides is 3. The highest BCUT2D eigenvalue weighted by Crippen LogP contribution is 2.32. The van der Waals surface area contributed by atoms with Crippen LogP contribution in [0.2, 0.25) is 0 Å². The van der Waals surface area contributed by atoms with Crippen LogP contribution in [0.25, 0.3) is 0 Å². The van der Waals surface area contributed by atoms with Gasteiger partial charge in [0.2, 0.25) is 0 Å². The third-order valence-corrected chi connectivity index (χ3v) is 1.87. The van der Waals surface area contributed by atoms with E-state index in [0.717, 1.165) is 6.07 Å². The SMILES string of the molecule is N#Cc1c(C(F)(F)F)ccc(B(O)O)c1F. The van der Waals surface area contributed by atoms with E-state index in [1.54, 1.807) is 0 Å². The first-order valence-electron chi connectivity index (χ1n) is 3.95. The Morgan fingerprint density at radius 1 is 1.25 bits per heavy atom. The maximum absolute atomic E-state index is 13.3. The molecule has 0 saturated carbocycles. The molecule has 1 rings (SSSR count). The Labute approximate surface area is 87.7 Å². The molecule has 0 aliphatic carbocycles. The van der Waals surface area contributed by atoms with Crippen molar-refractivity contribution in [2.24, 2.45) is 0 Å². The second-order valence-corrected chi connectivity index (χ2v) is 2.87. The molecule has 0 bridgehead atoms. The van der Waals surface area contributed by atoms with E-state index < -0.39 is 35.7 Å². The largest absolute Gasteiger partial charge is 0.491 e. The van der Waals surface area contributed by atoms with Gasteiger partial charge in [-0.3, -0.25) is 0 Å². The van der Waals surface area contributed by atoms with Crippen LogP contribution in [0.15, 0.2) is 12.1 Å². The number of nitriles is 1. The van der Waals surface area contributed by atoms with E-state index in [0.29, 0.717) is 12.1 Å². The number of hydrogen-bond donors (Lipinski definition) is 2. The zero-order chi connectivity index (χ0) is 12.5. The number of nitrogens with zero attached hydrogens (tertiary/aromatic N) is 1. The molecule has 2 N–H and O–H groups in total. The third-order valence-electron chi connectivity index (χ3n) is 1.87. The van der Waals surface area contributed by atoms with Crippen molar-refractivity contribution in [3.8, 4) is 6.07 Å². The molecule has 0 unspecified atom stereocenters. The van der Waals surface area contributed by atoms with Gasteiger partial charge in [0.1, 0.15) is 11.9 Å². The van der Waals surface area contributed by atoms with Crippen LogP contribution in [0.1, 0.15) is 11.1 Å². The van der Waals surface area contributed by atoms with Gasteiger partial charge in [-0.25, -0.2) is 4.39 Å². The molecule has 0 heterocycles. The lowest BCUT2D eigenvalue weighted by Gasteiger charge is -2.11. The first-order chi connectivity index (χ1) is 7.29. The third kappa shape index (κ3) is 2.15. The average Bonchev–Trinajstić information content (AvgIpc) is 2.15. The van der Waals surface area contributed by atoms with Crippen molar-refractivity contribution in [2.45, 2.75) is 6.18 Å². The van der Waals surface area contributed by atoms with E-state index in [-0.39, 0.29) is 0 Å². The second-order valence-electron chi connectivity index (χ2n) is 2.87. The summed E-state index contributed by atoms with van der Waals surface area (Å²) in [7, 11) is -2.27. The highest BCUT2D eigenvalue weighted by Gasteiger charge is 2.36. The van der Waals surface area contributed by atoms with E-state index in [1.165, 1.54) is 0 Å². The summed E-state index contributed by atoms with van der Waals surface area (Å²) < 4.78 is 50.2. The summed E-state index contributed by atoms with van der Waals surface area (Å²) in [4.78, 5) is 0. The Morgan fingerprint density at radius 2 is 1.81 bits per heavy atom. The van der Waals surface area contributed by atoms with Gasteiger partial charge in [-0.2, -0.15) is 18.4 Å². The van der Waals surface area contributed by atoms with Gasteiger partial charge in [0.15, 0.2) is 0 Å². The lowest BCUT2D eigenvalue weighted by atomic mass is 9.78. The molecular weight excluding hydrogens is 229 g/mol. The van der Waals surface area contributed by atoms with Gasteiger partial charge in [0.05, 0.1) is 11.1 Å². The van der Waals surface area contributed by atoms with Crippen molar-refractivity contribution in [3.05, 3.63) is 29.1 Å². The van der Waals surface area contributed by atoms with Crippen molar-refractivity contribution < 1.29 is 27.6 Å². The fourth-order valence-corrected chi connectivity index (χ4v) is 1.14. The minimum atomic E-state index is -4.87. The van der Waals surface area contributed by atoms with Gasteiger partial charge in [0, 0.05) is 5.46 Å². The Balaban J connectivity index is 3.49. The number of rotatable bonds is 1. The van der Waals surface area contributed by atoms with E-state index in [1.807, 2.05) is 0 Å². The monoisotopic (exact) mass is 233 g/mol. The van der Waals surface area contributed by atoms with Crippen LogP contribution in [0.5, 0.6) is 0 Å². The van der Waals surface area contributed by atoms with E-state index in [9.17, 15) is 17.6 Å². The van der Waals surface area contributed by atoms with Crippen LogP contribution in [0, 0.1) is 17.1 Å². The van der Waals surface area contributed by atoms with Crippen molar-refractivity contribution in [3.63, 3.8) is 0 Å². The zero-order valence-corrected chi connectivity index (χ0v) is 7.59. The zero-order valence-electron chi connectivity index (χ0n) is 7.59. The average molecular weight is 233 g/mol. The summed E-state index contributed by atoms with van der Waals surface area (Å²) in [5.41, 5.74) is -3.47. The molecule has 0 aliphatic rings. The minimum absolute atomic E-state index is 0.427. The first-order valence-corrected chi connectivity index (χ1v) is 3.95. The van der Waals surface area contributed by atoms with Crippen molar-refractivity contribution >= 4 is 12.6 Å². The van der Waals surface area contributed by atoms with Crippen LogP contribution in [-0.4, -0.2) is 17.2 Å². The molecule has 0 saturated heterocycles. The van der Waals surface area contributed by atoms with Gasteiger partial charge in [0.25, 0.3) is 0 Å². The van der Waals surface area contributed by atoms with E-state index in [4.69, 9.17) is 15.3 Å². The smallest absolute Gasteiger partial charge is 0.423 e. The predicted octanol–water partition coefficient (Wildman–Crippen LogP) is 0.396. The molecule has 3 nitrogen and oxygen atoms in total. The molecule has 1 aromatic rings. The van der Waals surface area contributed by atoms with Gasteiger partial charge in [-0.15, -0.1) is 0 Å². The normalized spacial score (nSPS) is 11.1. The first kappa shape index (κ1) is 12.5. The van der Waals surface area contributed by atoms with Crippen LogP contribution in [0.4, 0.5) is 17.6 Å². The maximum atomic E-state index is 13.3. The molecule has 0 amide bonds. The number of benzene rings is 1. The Kier molecular flexibility index (Phi) is 3.21. The molecular formula is C8H4BF4NO2. The van der Waals surface area contributed by atoms with Crippen molar-refractivity contribution in [1.29, 1.82) is 5.26 Å². The maximum Gasteiger partial charge on any atom is 0.491 e. The molecule has 16 heavy (non-hydrogen) atoms. The van der Waals surface area contributed by atoms with Crippen LogP contribution in [-0.2, 0) is 6.18 Å².